The minimum absolute atomic E-state index is 0.182. The number of aromatic amines is 2. The summed E-state index contributed by atoms with van der Waals surface area (Å²) in [5.41, 5.74) is 11.0. The molecule has 27 heavy (non-hydrogen) atoms. The van der Waals surface area contributed by atoms with E-state index in [4.69, 9.17) is 10.5 Å². The summed E-state index contributed by atoms with van der Waals surface area (Å²) in [5, 5.41) is 16.8. The van der Waals surface area contributed by atoms with Gasteiger partial charge in [0.2, 0.25) is 0 Å². The Morgan fingerprint density at radius 1 is 1.15 bits per heavy atom. The van der Waals surface area contributed by atoms with Crippen molar-refractivity contribution in [2.75, 3.05) is 12.8 Å². The van der Waals surface area contributed by atoms with Crippen LogP contribution in [-0.4, -0.2) is 27.3 Å². The first-order chi connectivity index (χ1) is 13.2. The highest BCUT2D eigenvalue weighted by atomic mass is 16.5. The maximum atomic E-state index is 9.62. The van der Waals surface area contributed by atoms with Crippen molar-refractivity contribution >= 4 is 5.82 Å². The molecular weight excluding hydrogens is 340 g/mol. The summed E-state index contributed by atoms with van der Waals surface area (Å²) in [6.45, 7) is 0. The van der Waals surface area contributed by atoms with Gasteiger partial charge in [0.1, 0.15) is 23.2 Å². The summed E-state index contributed by atoms with van der Waals surface area (Å²) < 4.78 is 5.21. The lowest BCUT2D eigenvalue weighted by Gasteiger charge is -2.10. The smallest absolute Gasteiger partial charge is 0.142 e. The number of nitrogens with one attached hydrogen (secondary N) is 2. The molecule has 0 unspecified atom stereocenters. The van der Waals surface area contributed by atoms with Crippen molar-refractivity contribution in [2.24, 2.45) is 0 Å². The largest absolute Gasteiger partial charge is 0.497 e. The van der Waals surface area contributed by atoms with Crippen molar-refractivity contribution in [2.45, 2.75) is 0 Å². The van der Waals surface area contributed by atoms with Crippen LogP contribution in [0.3, 0.4) is 0 Å². The predicted molar refractivity (Wildman–Crippen MR) is 103 cm³/mol. The van der Waals surface area contributed by atoms with Crippen LogP contribution in [0.4, 0.5) is 5.82 Å². The third-order valence-electron chi connectivity index (χ3n) is 4.34. The standard InChI is InChI=1S/C20H16N6O/c1-27-13-6-4-12(5-7-13)19-16(11-24-26-19)14-9-18(17-3-2-8-23-17)25-20(22)15(14)10-21/h2-9,11,23H,1H3,(H2,22,25)(H,24,26). The van der Waals surface area contributed by atoms with Gasteiger partial charge in [-0.25, -0.2) is 4.98 Å². The van der Waals surface area contributed by atoms with Gasteiger partial charge in [-0.05, 0) is 42.5 Å². The summed E-state index contributed by atoms with van der Waals surface area (Å²) in [6, 6.07) is 15.4. The fraction of sp³-hybridized carbons (Fsp3) is 0.0500. The quantitative estimate of drug-likeness (QED) is 0.516. The van der Waals surface area contributed by atoms with Gasteiger partial charge >= 0.3 is 0 Å². The molecule has 132 valence electrons. The molecule has 0 amide bonds. The SMILES string of the molecule is COc1ccc(-c2[nH]ncc2-c2cc(-c3ccc[nH]3)nc(N)c2C#N)cc1. The predicted octanol–water partition coefficient (Wildman–Crippen LogP) is 3.60. The van der Waals surface area contributed by atoms with Crippen LogP contribution in [0.1, 0.15) is 5.56 Å². The van der Waals surface area contributed by atoms with E-state index in [2.05, 4.69) is 26.2 Å². The number of anilines is 1. The van der Waals surface area contributed by atoms with E-state index in [1.807, 2.05) is 48.7 Å². The molecule has 3 heterocycles. The number of nitrogens with zero attached hydrogens (tertiary/aromatic N) is 3. The Hall–Kier alpha value is -4.05. The van der Waals surface area contributed by atoms with Crippen LogP contribution < -0.4 is 10.5 Å². The Labute approximate surface area is 155 Å². The van der Waals surface area contributed by atoms with Gasteiger partial charge in [-0.3, -0.25) is 5.10 Å². The maximum absolute atomic E-state index is 9.62. The average molecular weight is 356 g/mol. The van der Waals surface area contributed by atoms with Crippen molar-refractivity contribution in [3.8, 4) is 45.6 Å². The summed E-state index contributed by atoms with van der Waals surface area (Å²) in [7, 11) is 1.62. The molecule has 4 aromatic rings. The first kappa shape index (κ1) is 16.4. The fourth-order valence-corrected chi connectivity index (χ4v) is 2.99. The summed E-state index contributed by atoms with van der Waals surface area (Å²) >= 11 is 0. The lowest BCUT2D eigenvalue weighted by atomic mass is 9.97. The maximum Gasteiger partial charge on any atom is 0.142 e. The van der Waals surface area contributed by atoms with Crippen molar-refractivity contribution < 1.29 is 4.74 Å². The molecular formula is C20H16N6O. The van der Waals surface area contributed by atoms with Crippen molar-refractivity contribution in [3.63, 3.8) is 0 Å². The molecule has 0 saturated carbocycles. The minimum Gasteiger partial charge on any atom is -0.497 e. The molecule has 0 saturated heterocycles. The number of nitrogen functional groups attached to an aromatic ring is 1. The Morgan fingerprint density at radius 2 is 1.96 bits per heavy atom. The molecule has 0 radical (unpaired) electrons. The summed E-state index contributed by atoms with van der Waals surface area (Å²) in [4.78, 5) is 7.47. The van der Waals surface area contributed by atoms with Crippen molar-refractivity contribution in [1.82, 2.24) is 20.2 Å². The Balaban J connectivity index is 1.89. The van der Waals surface area contributed by atoms with Crippen LogP contribution in [0.2, 0.25) is 0 Å². The van der Waals surface area contributed by atoms with Crippen LogP contribution in [0.5, 0.6) is 5.75 Å². The number of ether oxygens (including phenoxy) is 1. The number of nitriles is 1. The number of methoxy groups -OCH3 is 1. The van der Waals surface area contributed by atoms with Gasteiger partial charge in [0.25, 0.3) is 0 Å². The van der Waals surface area contributed by atoms with Gasteiger partial charge in [-0.1, -0.05) is 0 Å². The zero-order valence-corrected chi connectivity index (χ0v) is 14.5. The molecule has 0 aliphatic carbocycles. The normalized spacial score (nSPS) is 10.5. The molecule has 0 atom stereocenters. The summed E-state index contributed by atoms with van der Waals surface area (Å²) in [6.07, 6.45) is 3.50. The van der Waals surface area contributed by atoms with E-state index >= 15 is 0 Å². The molecule has 0 bridgehead atoms. The third kappa shape index (κ3) is 2.89. The number of nitrogens with two attached hydrogens (primary N) is 1. The highest BCUT2D eigenvalue weighted by Gasteiger charge is 2.18. The zero-order valence-electron chi connectivity index (χ0n) is 14.5. The minimum atomic E-state index is 0.182. The second-order valence-electron chi connectivity index (χ2n) is 5.90. The molecule has 0 aliphatic rings. The van der Waals surface area contributed by atoms with Gasteiger partial charge in [0.15, 0.2) is 0 Å². The molecule has 3 aromatic heterocycles. The topological polar surface area (TPSA) is 116 Å². The number of benzene rings is 1. The second-order valence-corrected chi connectivity index (χ2v) is 5.90. The zero-order chi connectivity index (χ0) is 18.8. The lowest BCUT2D eigenvalue weighted by Crippen LogP contribution is -2.00. The fourth-order valence-electron chi connectivity index (χ4n) is 2.99. The average Bonchev–Trinajstić information content (AvgIpc) is 3.39. The van der Waals surface area contributed by atoms with E-state index in [0.717, 1.165) is 28.3 Å². The monoisotopic (exact) mass is 356 g/mol. The molecule has 0 fully saturated rings. The third-order valence-corrected chi connectivity index (χ3v) is 4.34. The number of pyridine rings is 1. The number of aromatic nitrogens is 4. The van der Waals surface area contributed by atoms with Gasteiger partial charge in [0.05, 0.1) is 30.4 Å². The molecule has 0 aliphatic heterocycles. The Morgan fingerprint density at radius 3 is 2.63 bits per heavy atom. The number of hydrogen-bond donors (Lipinski definition) is 3. The van der Waals surface area contributed by atoms with Gasteiger partial charge in [-0.2, -0.15) is 10.4 Å². The van der Waals surface area contributed by atoms with E-state index < -0.39 is 0 Å². The van der Waals surface area contributed by atoms with Crippen molar-refractivity contribution in [1.29, 1.82) is 5.26 Å². The van der Waals surface area contributed by atoms with Crippen LogP contribution in [0.15, 0.2) is 54.9 Å². The van der Waals surface area contributed by atoms with Crippen LogP contribution in [-0.2, 0) is 0 Å². The molecule has 4 N–H and O–H groups in total. The first-order valence-corrected chi connectivity index (χ1v) is 8.24. The van der Waals surface area contributed by atoms with E-state index in [9.17, 15) is 5.26 Å². The Bertz CT molecular complexity index is 1120. The van der Waals surface area contributed by atoms with Crippen molar-refractivity contribution in [3.05, 3.63) is 60.4 Å². The van der Waals surface area contributed by atoms with Crippen LogP contribution >= 0.6 is 0 Å². The van der Waals surface area contributed by atoms with Crippen LogP contribution in [0.25, 0.3) is 33.8 Å². The molecule has 4 rings (SSSR count). The molecule has 7 nitrogen and oxygen atoms in total. The number of hydrogen-bond acceptors (Lipinski definition) is 5. The molecule has 0 spiro atoms. The van der Waals surface area contributed by atoms with Gasteiger partial charge < -0.3 is 15.5 Å². The first-order valence-electron chi connectivity index (χ1n) is 8.24. The van der Waals surface area contributed by atoms with Crippen LogP contribution in [0, 0.1) is 11.3 Å². The Kier molecular flexibility index (Phi) is 4.07. The summed E-state index contributed by atoms with van der Waals surface area (Å²) in [5.74, 6) is 0.946. The van der Waals surface area contributed by atoms with E-state index in [1.54, 1.807) is 13.3 Å². The van der Waals surface area contributed by atoms with E-state index in [1.165, 1.54) is 0 Å². The highest BCUT2D eigenvalue weighted by molar-refractivity contribution is 5.87. The van der Waals surface area contributed by atoms with Gasteiger partial charge in [-0.15, -0.1) is 0 Å². The van der Waals surface area contributed by atoms with E-state index in [-0.39, 0.29) is 5.82 Å². The molecule has 1 aromatic carbocycles. The van der Waals surface area contributed by atoms with Gasteiger partial charge in [0, 0.05) is 22.9 Å². The number of H-pyrrole nitrogens is 2. The number of rotatable bonds is 4. The van der Waals surface area contributed by atoms with E-state index in [0.29, 0.717) is 16.8 Å². The lowest BCUT2D eigenvalue weighted by molar-refractivity contribution is 0.415. The molecule has 7 heteroatoms. The highest BCUT2D eigenvalue weighted by Crippen LogP contribution is 2.36. The second kappa shape index (κ2) is 6.69.